The highest BCUT2D eigenvalue weighted by atomic mass is 16.7. The van der Waals surface area contributed by atoms with Gasteiger partial charge in [-0.1, -0.05) is 20.8 Å². The molecule has 1 heterocycles. The zero-order valence-corrected chi connectivity index (χ0v) is 12.6. The van der Waals surface area contributed by atoms with E-state index in [4.69, 9.17) is 19.3 Å². The van der Waals surface area contributed by atoms with Gasteiger partial charge in [0, 0.05) is 26.7 Å². The summed E-state index contributed by atoms with van der Waals surface area (Å²) < 4.78 is 15.1. The van der Waals surface area contributed by atoms with Crippen LogP contribution in [0.5, 0.6) is 0 Å². The van der Waals surface area contributed by atoms with Crippen molar-refractivity contribution < 1.29 is 19.3 Å². The normalized spacial score (nSPS) is 22.0. The molecule has 1 unspecified atom stereocenters. The summed E-state index contributed by atoms with van der Waals surface area (Å²) in [6.45, 7) is 9.57. The average molecular weight is 262 g/mol. The summed E-state index contributed by atoms with van der Waals surface area (Å²) >= 11 is 0. The Hall–Kier alpha value is -0.160. The van der Waals surface area contributed by atoms with Crippen molar-refractivity contribution in [1.29, 1.82) is 0 Å². The van der Waals surface area contributed by atoms with E-state index >= 15 is 0 Å². The predicted molar refractivity (Wildman–Crippen MR) is 72.3 cm³/mol. The first-order valence-corrected chi connectivity index (χ1v) is 6.83. The molecule has 110 valence electrons. The van der Waals surface area contributed by atoms with Crippen LogP contribution in [-0.2, 0) is 14.2 Å². The van der Waals surface area contributed by atoms with E-state index in [0.29, 0.717) is 13.0 Å². The maximum atomic E-state index is 9.16. The van der Waals surface area contributed by atoms with Crippen molar-refractivity contribution in [2.24, 2.45) is 5.41 Å². The molecule has 1 aliphatic heterocycles. The van der Waals surface area contributed by atoms with Gasteiger partial charge in [0.2, 0.25) is 0 Å². The van der Waals surface area contributed by atoms with Crippen LogP contribution in [0.4, 0.5) is 0 Å². The van der Waals surface area contributed by atoms with Crippen molar-refractivity contribution in [3.8, 4) is 0 Å². The van der Waals surface area contributed by atoms with Crippen molar-refractivity contribution in [2.75, 3.05) is 20.3 Å². The van der Waals surface area contributed by atoms with Gasteiger partial charge in [-0.2, -0.15) is 0 Å². The molecule has 0 amide bonds. The van der Waals surface area contributed by atoms with Crippen LogP contribution >= 0.6 is 0 Å². The van der Waals surface area contributed by atoms with E-state index in [2.05, 4.69) is 20.8 Å². The van der Waals surface area contributed by atoms with Gasteiger partial charge in [0.25, 0.3) is 0 Å². The molecule has 2 atom stereocenters. The van der Waals surface area contributed by atoms with Gasteiger partial charge in [-0.25, -0.2) is 0 Å². The molecular formula is C14H30O4. The predicted octanol–water partition coefficient (Wildman–Crippen LogP) is 2.94. The monoisotopic (exact) mass is 262 g/mol. The highest BCUT2D eigenvalue weighted by Gasteiger charge is 2.16. The van der Waals surface area contributed by atoms with Crippen LogP contribution in [0.3, 0.4) is 0 Å². The van der Waals surface area contributed by atoms with Gasteiger partial charge in [-0.3, -0.25) is 0 Å². The molecule has 0 bridgehead atoms. The SMILES string of the molecule is CCO[C@@H](O)CC(C)(C)C.COC1CCCCO1. The van der Waals surface area contributed by atoms with Gasteiger partial charge in [0.1, 0.15) is 0 Å². The highest BCUT2D eigenvalue weighted by molar-refractivity contribution is 4.62. The summed E-state index contributed by atoms with van der Waals surface area (Å²) in [7, 11) is 1.69. The van der Waals surface area contributed by atoms with Gasteiger partial charge in [-0.05, 0) is 31.6 Å². The Labute approximate surface area is 112 Å². The molecule has 0 aromatic carbocycles. The van der Waals surface area contributed by atoms with Crippen molar-refractivity contribution in [3.05, 3.63) is 0 Å². The fraction of sp³-hybridized carbons (Fsp3) is 1.00. The molecule has 0 aliphatic carbocycles. The third kappa shape index (κ3) is 11.0. The van der Waals surface area contributed by atoms with Gasteiger partial charge in [0.15, 0.2) is 12.6 Å². The lowest BCUT2D eigenvalue weighted by molar-refractivity contribution is -0.145. The van der Waals surface area contributed by atoms with E-state index in [1.165, 1.54) is 12.8 Å². The minimum absolute atomic E-state index is 0.0868. The van der Waals surface area contributed by atoms with E-state index in [-0.39, 0.29) is 11.7 Å². The van der Waals surface area contributed by atoms with E-state index < -0.39 is 6.29 Å². The summed E-state index contributed by atoms with van der Waals surface area (Å²) in [6.07, 6.45) is 3.70. The van der Waals surface area contributed by atoms with Gasteiger partial charge >= 0.3 is 0 Å². The van der Waals surface area contributed by atoms with Crippen LogP contribution in [0.1, 0.15) is 53.4 Å². The number of rotatable bonds is 4. The number of aliphatic hydroxyl groups is 1. The molecule has 1 N–H and O–H groups in total. The fourth-order valence-electron chi connectivity index (χ4n) is 1.67. The number of ether oxygens (including phenoxy) is 3. The second kappa shape index (κ2) is 9.73. The molecule has 18 heavy (non-hydrogen) atoms. The second-order valence-electron chi connectivity index (χ2n) is 5.71. The van der Waals surface area contributed by atoms with Crippen LogP contribution in [0.2, 0.25) is 0 Å². The molecule has 0 radical (unpaired) electrons. The van der Waals surface area contributed by atoms with Crippen LogP contribution < -0.4 is 0 Å². The largest absolute Gasteiger partial charge is 0.368 e. The first-order chi connectivity index (χ1) is 8.39. The molecule has 4 heteroatoms. The lowest BCUT2D eigenvalue weighted by Crippen LogP contribution is -2.20. The number of aliphatic hydroxyl groups excluding tert-OH is 1. The Morgan fingerprint density at radius 2 is 2.00 bits per heavy atom. The minimum atomic E-state index is -0.593. The molecule has 0 aromatic heterocycles. The second-order valence-corrected chi connectivity index (χ2v) is 5.71. The van der Waals surface area contributed by atoms with Crippen molar-refractivity contribution in [1.82, 2.24) is 0 Å². The van der Waals surface area contributed by atoms with Crippen molar-refractivity contribution in [2.45, 2.75) is 66.0 Å². The molecule has 1 saturated heterocycles. The highest BCUT2D eigenvalue weighted by Crippen LogP contribution is 2.20. The van der Waals surface area contributed by atoms with Gasteiger partial charge < -0.3 is 19.3 Å². The molecule has 0 saturated carbocycles. The fourth-order valence-corrected chi connectivity index (χ4v) is 1.67. The Balaban J connectivity index is 0.000000327. The molecule has 0 aromatic rings. The quantitative estimate of drug-likeness (QED) is 0.791. The summed E-state index contributed by atoms with van der Waals surface area (Å²) in [5, 5.41) is 9.16. The number of hydrogen-bond acceptors (Lipinski definition) is 4. The van der Waals surface area contributed by atoms with E-state index in [1.807, 2.05) is 6.92 Å². The Bertz CT molecular complexity index is 183. The Morgan fingerprint density at radius 3 is 2.33 bits per heavy atom. The van der Waals surface area contributed by atoms with E-state index in [1.54, 1.807) is 7.11 Å². The molecule has 0 spiro atoms. The first kappa shape index (κ1) is 17.8. The maximum absolute atomic E-state index is 9.16. The third-order valence-corrected chi connectivity index (χ3v) is 2.55. The van der Waals surface area contributed by atoms with Crippen molar-refractivity contribution >= 4 is 0 Å². The first-order valence-electron chi connectivity index (χ1n) is 6.83. The molecule has 1 rings (SSSR count). The summed E-state index contributed by atoms with van der Waals surface area (Å²) in [5.41, 5.74) is 0.147. The van der Waals surface area contributed by atoms with E-state index in [0.717, 1.165) is 13.0 Å². The van der Waals surface area contributed by atoms with Crippen LogP contribution in [0.25, 0.3) is 0 Å². The summed E-state index contributed by atoms with van der Waals surface area (Å²) in [4.78, 5) is 0. The molecule has 1 fully saturated rings. The molecule has 4 nitrogen and oxygen atoms in total. The van der Waals surface area contributed by atoms with Crippen LogP contribution in [-0.4, -0.2) is 38.0 Å². The van der Waals surface area contributed by atoms with Crippen LogP contribution in [0.15, 0.2) is 0 Å². The standard InChI is InChI=1S/C8H18O2.C6H12O2/c1-5-10-7(9)6-8(2,3)4;1-7-6-4-2-3-5-8-6/h7,9H,5-6H2,1-4H3;6H,2-5H2,1H3/t7-;/m1./s1. The number of methoxy groups -OCH3 is 1. The number of hydrogen-bond donors (Lipinski definition) is 1. The third-order valence-electron chi connectivity index (χ3n) is 2.55. The lowest BCUT2D eigenvalue weighted by atomic mass is 9.92. The van der Waals surface area contributed by atoms with Gasteiger partial charge in [0.05, 0.1) is 0 Å². The Morgan fingerprint density at radius 1 is 1.33 bits per heavy atom. The summed E-state index contributed by atoms with van der Waals surface area (Å²) in [6, 6.07) is 0. The van der Waals surface area contributed by atoms with Crippen LogP contribution in [0, 0.1) is 5.41 Å². The summed E-state index contributed by atoms with van der Waals surface area (Å²) in [5.74, 6) is 0. The molecule has 1 aliphatic rings. The Kier molecular flexibility index (Phi) is 9.64. The zero-order chi connectivity index (χ0) is 14.0. The van der Waals surface area contributed by atoms with Gasteiger partial charge in [-0.15, -0.1) is 0 Å². The zero-order valence-electron chi connectivity index (χ0n) is 12.6. The van der Waals surface area contributed by atoms with Crippen molar-refractivity contribution in [3.63, 3.8) is 0 Å². The topological polar surface area (TPSA) is 47.9 Å². The molecular weight excluding hydrogens is 232 g/mol. The minimum Gasteiger partial charge on any atom is -0.368 e. The smallest absolute Gasteiger partial charge is 0.157 e. The maximum Gasteiger partial charge on any atom is 0.157 e. The average Bonchev–Trinajstić information content (AvgIpc) is 2.29. The van der Waals surface area contributed by atoms with E-state index in [9.17, 15) is 0 Å². The lowest BCUT2D eigenvalue weighted by Gasteiger charge is -2.21.